The summed E-state index contributed by atoms with van der Waals surface area (Å²) in [5, 5.41) is 12.3. The number of amides is 1. The molecule has 1 radical (unpaired) electrons. The van der Waals surface area contributed by atoms with Crippen molar-refractivity contribution in [1.29, 1.82) is 0 Å². The molecule has 0 heterocycles. The molecule has 0 aromatic heterocycles. The van der Waals surface area contributed by atoms with Gasteiger partial charge in [0.25, 0.3) is 0 Å². The molecular formula is C6H12NO3. The fraction of sp³-hybridized carbons (Fsp3) is 0.833. The highest BCUT2D eigenvalue weighted by atomic mass is 16.5. The molecule has 0 saturated carbocycles. The molecule has 0 saturated heterocycles. The number of ether oxygens (including phenoxy) is 1. The number of nitrogens with one attached hydrogen (secondary N) is 1. The van der Waals surface area contributed by atoms with Gasteiger partial charge >= 0.3 is 6.09 Å². The van der Waals surface area contributed by atoms with Crippen molar-refractivity contribution in [3.05, 3.63) is 0 Å². The summed E-state index contributed by atoms with van der Waals surface area (Å²) in [6.07, 6.45) is 0.00896. The SMILES string of the molecule is CCOC(=O)NCCC[O]. The Hall–Kier alpha value is -0.770. The van der Waals surface area contributed by atoms with Gasteiger partial charge in [-0.3, -0.25) is 0 Å². The van der Waals surface area contributed by atoms with E-state index in [0.717, 1.165) is 0 Å². The smallest absolute Gasteiger partial charge is 0.407 e. The van der Waals surface area contributed by atoms with Gasteiger partial charge in [-0.25, -0.2) is 9.90 Å². The molecular weight excluding hydrogens is 134 g/mol. The first kappa shape index (κ1) is 9.23. The zero-order chi connectivity index (χ0) is 7.82. The Kier molecular flexibility index (Phi) is 5.86. The van der Waals surface area contributed by atoms with Crippen LogP contribution < -0.4 is 5.32 Å². The lowest BCUT2D eigenvalue weighted by molar-refractivity contribution is 0.148. The Morgan fingerprint density at radius 3 is 2.80 bits per heavy atom. The summed E-state index contributed by atoms with van der Waals surface area (Å²) in [7, 11) is 0. The maximum absolute atomic E-state index is 10.5. The van der Waals surface area contributed by atoms with Crippen molar-refractivity contribution in [3.8, 4) is 0 Å². The van der Waals surface area contributed by atoms with E-state index >= 15 is 0 Å². The number of carbonyl (C=O) groups is 1. The first-order valence-electron chi connectivity index (χ1n) is 3.30. The summed E-state index contributed by atoms with van der Waals surface area (Å²) in [5.41, 5.74) is 0. The molecule has 0 fully saturated rings. The average Bonchev–Trinajstić information content (AvgIpc) is 1.89. The van der Waals surface area contributed by atoms with E-state index in [1.807, 2.05) is 0 Å². The lowest BCUT2D eigenvalue weighted by Gasteiger charge is -2.01. The zero-order valence-corrected chi connectivity index (χ0v) is 6.05. The minimum atomic E-state index is -0.448. The molecule has 0 aromatic carbocycles. The Bertz CT molecular complexity index is 95.0. The van der Waals surface area contributed by atoms with Crippen molar-refractivity contribution >= 4 is 6.09 Å². The van der Waals surface area contributed by atoms with Gasteiger partial charge in [-0.05, 0) is 13.3 Å². The molecule has 0 atom stereocenters. The van der Waals surface area contributed by atoms with E-state index < -0.39 is 6.09 Å². The summed E-state index contributed by atoms with van der Waals surface area (Å²) < 4.78 is 4.54. The Balaban J connectivity index is 3.05. The predicted octanol–water partition coefficient (Wildman–Crippen LogP) is 0.553. The third kappa shape index (κ3) is 5.37. The van der Waals surface area contributed by atoms with Gasteiger partial charge < -0.3 is 10.1 Å². The van der Waals surface area contributed by atoms with Crippen LogP contribution in [0.3, 0.4) is 0 Å². The Morgan fingerprint density at radius 1 is 1.60 bits per heavy atom. The van der Waals surface area contributed by atoms with E-state index in [4.69, 9.17) is 0 Å². The maximum Gasteiger partial charge on any atom is 0.407 e. The third-order valence-corrected chi connectivity index (χ3v) is 0.866. The predicted molar refractivity (Wildman–Crippen MR) is 35.2 cm³/mol. The minimum absolute atomic E-state index is 0.160. The van der Waals surface area contributed by atoms with Crippen LogP contribution in [0, 0.1) is 0 Å². The quantitative estimate of drug-likeness (QED) is 0.589. The van der Waals surface area contributed by atoms with E-state index in [9.17, 15) is 9.90 Å². The fourth-order valence-electron chi connectivity index (χ4n) is 0.445. The fourth-order valence-corrected chi connectivity index (χ4v) is 0.445. The first-order valence-corrected chi connectivity index (χ1v) is 3.30. The van der Waals surface area contributed by atoms with Crippen molar-refractivity contribution in [2.45, 2.75) is 13.3 Å². The van der Waals surface area contributed by atoms with E-state index in [0.29, 0.717) is 19.6 Å². The zero-order valence-electron chi connectivity index (χ0n) is 6.05. The minimum Gasteiger partial charge on any atom is -0.450 e. The summed E-state index contributed by atoms with van der Waals surface area (Å²) >= 11 is 0. The molecule has 10 heavy (non-hydrogen) atoms. The molecule has 4 nitrogen and oxygen atoms in total. The van der Waals surface area contributed by atoms with Crippen molar-refractivity contribution in [2.75, 3.05) is 19.8 Å². The van der Waals surface area contributed by atoms with Gasteiger partial charge in [0.2, 0.25) is 0 Å². The number of alkyl carbamates (subject to hydrolysis) is 1. The topological polar surface area (TPSA) is 58.2 Å². The highest BCUT2D eigenvalue weighted by molar-refractivity contribution is 5.66. The van der Waals surface area contributed by atoms with Crippen molar-refractivity contribution in [1.82, 2.24) is 5.32 Å². The number of rotatable bonds is 4. The summed E-state index contributed by atoms with van der Waals surface area (Å²) in [5.74, 6) is 0. The highest BCUT2D eigenvalue weighted by Gasteiger charge is 1.96. The third-order valence-electron chi connectivity index (χ3n) is 0.866. The average molecular weight is 146 g/mol. The van der Waals surface area contributed by atoms with Gasteiger partial charge in [-0.15, -0.1) is 0 Å². The van der Waals surface area contributed by atoms with Gasteiger partial charge in [-0.2, -0.15) is 0 Å². The number of carbonyl (C=O) groups excluding carboxylic acids is 1. The summed E-state index contributed by atoms with van der Waals surface area (Å²) in [4.78, 5) is 10.5. The van der Waals surface area contributed by atoms with E-state index in [1.165, 1.54) is 0 Å². The van der Waals surface area contributed by atoms with Crippen LogP contribution in [-0.2, 0) is 9.84 Å². The second kappa shape index (κ2) is 6.35. The molecule has 0 aliphatic heterocycles. The van der Waals surface area contributed by atoms with Gasteiger partial charge in [-0.1, -0.05) is 0 Å². The second-order valence-corrected chi connectivity index (χ2v) is 1.70. The van der Waals surface area contributed by atoms with Crippen molar-refractivity contribution < 1.29 is 14.6 Å². The van der Waals surface area contributed by atoms with Gasteiger partial charge in [0, 0.05) is 6.54 Å². The molecule has 0 spiro atoms. The largest absolute Gasteiger partial charge is 0.450 e. The molecule has 0 aromatic rings. The van der Waals surface area contributed by atoms with Gasteiger partial charge in [0.1, 0.15) is 0 Å². The number of hydrogen-bond donors (Lipinski definition) is 1. The second-order valence-electron chi connectivity index (χ2n) is 1.70. The van der Waals surface area contributed by atoms with Gasteiger partial charge in [0.15, 0.2) is 0 Å². The molecule has 0 bridgehead atoms. The summed E-state index contributed by atoms with van der Waals surface area (Å²) in [6, 6.07) is 0. The highest BCUT2D eigenvalue weighted by Crippen LogP contribution is 1.77. The van der Waals surface area contributed by atoms with Crippen molar-refractivity contribution in [3.63, 3.8) is 0 Å². The van der Waals surface area contributed by atoms with Crippen LogP contribution in [0.25, 0.3) is 0 Å². The van der Waals surface area contributed by atoms with Crippen LogP contribution in [0.2, 0.25) is 0 Å². The molecule has 59 valence electrons. The van der Waals surface area contributed by atoms with Gasteiger partial charge in [0.05, 0.1) is 13.2 Å². The van der Waals surface area contributed by atoms with E-state index in [1.54, 1.807) is 6.92 Å². The molecule has 1 N–H and O–H groups in total. The van der Waals surface area contributed by atoms with E-state index in [-0.39, 0.29) is 6.61 Å². The standard InChI is InChI=1S/C6H12NO3/c1-2-10-6(9)7-4-3-5-8/h2-5H2,1H3,(H,7,9). The molecule has 0 unspecified atom stereocenters. The normalized spacial score (nSPS) is 9.00. The van der Waals surface area contributed by atoms with Crippen LogP contribution in [0.4, 0.5) is 4.79 Å². The Labute approximate surface area is 60.2 Å². The van der Waals surface area contributed by atoms with Crippen LogP contribution in [-0.4, -0.2) is 25.9 Å². The van der Waals surface area contributed by atoms with Crippen LogP contribution in [0.15, 0.2) is 0 Å². The van der Waals surface area contributed by atoms with E-state index in [2.05, 4.69) is 10.1 Å². The molecule has 4 heteroatoms. The Morgan fingerprint density at radius 2 is 2.30 bits per heavy atom. The monoisotopic (exact) mass is 146 g/mol. The van der Waals surface area contributed by atoms with Crippen LogP contribution in [0.1, 0.15) is 13.3 Å². The lowest BCUT2D eigenvalue weighted by Crippen LogP contribution is -2.25. The molecule has 0 aliphatic rings. The van der Waals surface area contributed by atoms with Crippen molar-refractivity contribution in [2.24, 2.45) is 0 Å². The van der Waals surface area contributed by atoms with Crippen LogP contribution in [0.5, 0.6) is 0 Å². The summed E-state index contributed by atoms with van der Waals surface area (Å²) in [6.45, 7) is 2.34. The number of hydrogen-bond acceptors (Lipinski definition) is 2. The molecule has 0 rings (SSSR count). The molecule has 0 aliphatic carbocycles. The lowest BCUT2D eigenvalue weighted by atomic mass is 10.5. The van der Waals surface area contributed by atoms with Crippen LogP contribution >= 0.6 is 0 Å². The first-order chi connectivity index (χ1) is 4.81. The molecule has 1 amide bonds. The maximum atomic E-state index is 10.5.